The Morgan fingerprint density at radius 1 is 1.36 bits per heavy atom. The molecule has 0 aliphatic heterocycles. The quantitative estimate of drug-likeness (QED) is 0.718. The van der Waals surface area contributed by atoms with Crippen LogP contribution in [0, 0.1) is 0 Å². The summed E-state index contributed by atoms with van der Waals surface area (Å²) in [4.78, 5) is 0. The predicted octanol–water partition coefficient (Wildman–Crippen LogP) is 3.68. The molecule has 0 radical (unpaired) electrons. The molecule has 1 rings (SSSR count). The molecule has 0 aliphatic carbocycles. The van der Waals surface area contributed by atoms with Gasteiger partial charge in [0.15, 0.2) is 0 Å². The van der Waals surface area contributed by atoms with Crippen molar-refractivity contribution in [3.05, 3.63) is 41.5 Å². The van der Waals surface area contributed by atoms with Gasteiger partial charge in [-0.25, -0.2) is 0 Å². The van der Waals surface area contributed by atoms with E-state index in [0.717, 1.165) is 18.4 Å². The van der Waals surface area contributed by atoms with Gasteiger partial charge in [0.25, 0.3) is 0 Å². The Morgan fingerprint density at radius 3 is 2.71 bits per heavy atom. The molecule has 1 heteroatoms. The molecular weight excluding hydrogens is 172 g/mol. The second-order valence-corrected chi connectivity index (χ2v) is 3.63. The number of phenols is 1. The molecule has 0 saturated heterocycles. The minimum atomic E-state index is 0.396. The van der Waals surface area contributed by atoms with Gasteiger partial charge in [-0.3, -0.25) is 0 Å². The molecule has 0 spiro atoms. The molecule has 0 aromatic heterocycles. The molecule has 0 saturated carbocycles. The van der Waals surface area contributed by atoms with Crippen molar-refractivity contribution in [1.29, 1.82) is 0 Å². The minimum absolute atomic E-state index is 0.396. The summed E-state index contributed by atoms with van der Waals surface area (Å²) in [7, 11) is 0. The Hall–Kier alpha value is -1.24. The van der Waals surface area contributed by atoms with E-state index in [0.29, 0.717) is 5.75 Å². The Bertz CT molecular complexity index is 313. The lowest BCUT2D eigenvalue weighted by Gasteiger charge is -2.01. The third kappa shape index (κ3) is 3.25. The van der Waals surface area contributed by atoms with E-state index in [2.05, 4.69) is 19.9 Å². The average molecular weight is 190 g/mol. The molecule has 1 N–H and O–H groups in total. The Balaban J connectivity index is 2.61. The van der Waals surface area contributed by atoms with Crippen LogP contribution in [0.2, 0.25) is 0 Å². The second-order valence-electron chi connectivity index (χ2n) is 3.63. The van der Waals surface area contributed by atoms with Gasteiger partial charge in [-0.2, -0.15) is 0 Å². The maximum Gasteiger partial charge on any atom is 0.119 e. The lowest BCUT2D eigenvalue weighted by molar-refractivity contribution is 0.469. The summed E-state index contributed by atoms with van der Waals surface area (Å²) in [6.45, 7) is 4.32. The van der Waals surface area contributed by atoms with Crippen molar-refractivity contribution < 1.29 is 5.11 Å². The summed E-state index contributed by atoms with van der Waals surface area (Å²) in [6, 6.07) is 7.50. The lowest BCUT2D eigenvalue weighted by Crippen LogP contribution is -1.84. The zero-order valence-corrected chi connectivity index (χ0v) is 8.96. The molecule has 0 bridgehead atoms. The second kappa shape index (κ2) is 5.48. The molecule has 14 heavy (non-hydrogen) atoms. The molecule has 0 atom stereocenters. The van der Waals surface area contributed by atoms with Gasteiger partial charge >= 0.3 is 0 Å². The van der Waals surface area contributed by atoms with Crippen molar-refractivity contribution in [3.63, 3.8) is 0 Å². The van der Waals surface area contributed by atoms with Crippen molar-refractivity contribution in [1.82, 2.24) is 0 Å². The number of aromatic hydroxyl groups is 1. The highest BCUT2D eigenvalue weighted by atomic mass is 16.3. The molecular formula is C13H18O. The summed E-state index contributed by atoms with van der Waals surface area (Å²) >= 11 is 0. The van der Waals surface area contributed by atoms with E-state index in [-0.39, 0.29) is 0 Å². The van der Waals surface area contributed by atoms with Crippen LogP contribution in [0.25, 0.3) is 0 Å². The maximum atomic E-state index is 9.52. The number of para-hydroxylation sites is 1. The number of rotatable bonds is 4. The van der Waals surface area contributed by atoms with Gasteiger partial charge < -0.3 is 5.11 Å². The van der Waals surface area contributed by atoms with Gasteiger partial charge in [-0.05, 0) is 31.4 Å². The van der Waals surface area contributed by atoms with Crippen LogP contribution in [-0.4, -0.2) is 5.11 Å². The highest BCUT2D eigenvalue weighted by molar-refractivity contribution is 5.33. The fraction of sp³-hybridized carbons (Fsp3) is 0.385. The van der Waals surface area contributed by atoms with Crippen LogP contribution < -0.4 is 0 Å². The fourth-order valence-corrected chi connectivity index (χ4v) is 1.46. The predicted molar refractivity (Wildman–Crippen MR) is 60.5 cm³/mol. The first-order valence-corrected chi connectivity index (χ1v) is 5.16. The van der Waals surface area contributed by atoms with Crippen LogP contribution in [0.15, 0.2) is 35.9 Å². The van der Waals surface area contributed by atoms with Crippen molar-refractivity contribution in [2.75, 3.05) is 0 Å². The fourth-order valence-electron chi connectivity index (χ4n) is 1.46. The van der Waals surface area contributed by atoms with E-state index in [4.69, 9.17) is 0 Å². The molecule has 1 aromatic carbocycles. The van der Waals surface area contributed by atoms with E-state index in [9.17, 15) is 5.11 Å². The van der Waals surface area contributed by atoms with Gasteiger partial charge in [-0.1, -0.05) is 43.2 Å². The van der Waals surface area contributed by atoms with E-state index < -0.39 is 0 Å². The third-order valence-corrected chi connectivity index (χ3v) is 2.31. The van der Waals surface area contributed by atoms with Crippen LogP contribution in [-0.2, 0) is 6.42 Å². The molecule has 0 unspecified atom stereocenters. The van der Waals surface area contributed by atoms with Crippen molar-refractivity contribution in [2.24, 2.45) is 0 Å². The van der Waals surface area contributed by atoms with E-state index >= 15 is 0 Å². The molecule has 0 fully saturated rings. The smallest absolute Gasteiger partial charge is 0.119 e. The molecule has 0 amide bonds. The van der Waals surface area contributed by atoms with Crippen molar-refractivity contribution in [2.45, 2.75) is 33.1 Å². The summed E-state index contributed by atoms with van der Waals surface area (Å²) in [5.74, 6) is 0.396. The summed E-state index contributed by atoms with van der Waals surface area (Å²) in [5, 5.41) is 9.52. The lowest BCUT2D eigenvalue weighted by atomic mass is 10.1. The van der Waals surface area contributed by atoms with Gasteiger partial charge in [0.2, 0.25) is 0 Å². The Morgan fingerprint density at radius 2 is 2.07 bits per heavy atom. The van der Waals surface area contributed by atoms with Gasteiger partial charge in [0, 0.05) is 0 Å². The van der Waals surface area contributed by atoms with Crippen molar-refractivity contribution >= 4 is 0 Å². The largest absolute Gasteiger partial charge is 0.508 e. The normalized spacial score (nSPS) is 11.7. The van der Waals surface area contributed by atoms with Crippen LogP contribution >= 0.6 is 0 Å². The first kappa shape index (κ1) is 10.8. The van der Waals surface area contributed by atoms with Gasteiger partial charge in [0.1, 0.15) is 5.75 Å². The number of hydrogen-bond acceptors (Lipinski definition) is 1. The molecule has 0 heterocycles. The molecule has 76 valence electrons. The highest BCUT2D eigenvalue weighted by Gasteiger charge is 1.96. The number of benzene rings is 1. The van der Waals surface area contributed by atoms with Crippen molar-refractivity contribution in [3.8, 4) is 5.75 Å². The first-order chi connectivity index (χ1) is 6.74. The summed E-state index contributed by atoms with van der Waals surface area (Å²) in [6.07, 6.45) is 5.35. The zero-order valence-electron chi connectivity index (χ0n) is 8.96. The third-order valence-electron chi connectivity index (χ3n) is 2.31. The SMILES string of the molecule is CCC/C(C)=C/Cc1ccccc1O. The van der Waals surface area contributed by atoms with Crippen LogP contribution in [0.3, 0.4) is 0 Å². The van der Waals surface area contributed by atoms with Gasteiger partial charge in [-0.15, -0.1) is 0 Å². The summed E-state index contributed by atoms with van der Waals surface area (Å²) < 4.78 is 0. The highest BCUT2D eigenvalue weighted by Crippen LogP contribution is 2.17. The Kier molecular flexibility index (Phi) is 4.24. The van der Waals surface area contributed by atoms with Crippen LogP contribution in [0.1, 0.15) is 32.3 Å². The zero-order chi connectivity index (χ0) is 10.4. The average Bonchev–Trinajstić information content (AvgIpc) is 2.17. The minimum Gasteiger partial charge on any atom is -0.508 e. The molecule has 1 aromatic rings. The number of phenolic OH excluding ortho intramolecular Hbond substituents is 1. The van der Waals surface area contributed by atoms with E-state index in [1.807, 2.05) is 18.2 Å². The Labute approximate surface area is 86.1 Å². The first-order valence-electron chi connectivity index (χ1n) is 5.16. The van der Waals surface area contributed by atoms with E-state index in [1.165, 1.54) is 12.0 Å². The number of allylic oxidation sites excluding steroid dienone is 2. The molecule has 0 aliphatic rings. The van der Waals surface area contributed by atoms with Crippen LogP contribution in [0.4, 0.5) is 0 Å². The van der Waals surface area contributed by atoms with Gasteiger partial charge in [0.05, 0.1) is 0 Å². The standard InChI is InChI=1S/C13H18O/c1-3-6-11(2)9-10-12-7-4-5-8-13(12)14/h4-5,7-9,14H,3,6,10H2,1-2H3/b11-9+. The van der Waals surface area contributed by atoms with E-state index in [1.54, 1.807) is 6.07 Å². The number of hydrogen-bond donors (Lipinski definition) is 1. The topological polar surface area (TPSA) is 20.2 Å². The monoisotopic (exact) mass is 190 g/mol. The van der Waals surface area contributed by atoms with Crippen LogP contribution in [0.5, 0.6) is 5.75 Å². The maximum absolute atomic E-state index is 9.52. The summed E-state index contributed by atoms with van der Waals surface area (Å²) in [5.41, 5.74) is 2.40. The molecule has 1 nitrogen and oxygen atoms in total.